The number of cyclic esters (lactones) is 1. The van der Waals surface area contributed by atoms with Crippen LogP contribution in [0, 0.1) is 0 Å². The predicted octanol–water partition coefficient (Wildman–Crippen LogP) is 3.58. The summed E-state index contributed by atoms with van der Waals surface area (Å²) in [5, 5.41) is 3.04. The van der Waals surface area contributed by atoms with Crippen LogP contribution in [0.3, 0.4) is 0 Å². The van der Waals surface area contributed by atoms with Gasteiger partial charge in [-0.25, -0.2) is 4.79 Å². The molecule has 1 N–H and O–H groups in total. The molecule has 0 spiro atoms. The second-order valence-electron chi connectivity index (χ2n) is 5.91. The van der Waals surface area contributed by atoms with Crippen LogP contribution in [0.4, 0.5) is 0 Å². The fourth-order valence-corrected chi connectivity index (χ4v) is 3.67. The molecule has 1 heterocycles. The summed E-state index contributed by atoms with van der Waals surface area (Å²) in [4.78, 5) is 11.4. The van der Waals surface area contributed by atoms with Crippen molar-refractivity contribution >= 4 is 34.3 Å². The van der Waals surface area contributed by atoms with Crippen LogP contribution in [0.5, 0.6) is 5.75 Å². The average molecular weight is 388 g/mol. The Hall–Kier alpha value is -2.05. The van der Waals surface area contributed by atoms with Gasteiger partial charge in [0, 0.05) is 18.6 Å². The predicted molar refractivity (Wildman–Crippen MR) is 109 cm³/mol. The molecule has 0 aromatic heterocycles. The standard InChI is InChI=1S/C20H21NO3S2/c22-19-17(10-11-24-19)21-20(25)26-13-12-23-18-9-5-4-8-16(18)14-15-6-2-1-3-7-15/h1-9,17H,10-14H2,(H,21,25)/t17-/m0/s1. The Bertz CT molecular complexity index is 752. The van der Waals surface area contributed by atoms with Crippen molar-refractivity contribution in [3.8, 4) is 5.75 Å². The van der Waals surface area contributed by atoms with Crippen molar-refractivity contribution in [2.45, 2.75) is 18.9 Å². The first-order valence-electron chi connectivity index (χ1n) is 8.57. The van der Waals surface area contributed by atoms with E-state index < -0.39 is 0 Å². The third kappa shape index (κ3) is 5.47. The van der Waals surface area contributed by atoms with Gasteiger partial charge in [0.1, 0.15) is 16.1 Å². The Morgan fingerprint density at radius 1 is 1.19 bits per heavy atom. The van der Waals surface area contributed by atoms with E-state index in [0.29, 0.717) is 29.7 Å². The van der Waals surface area contributed by atoms with E-state index in [-0.39, 0.29) is 12.0 Å². The van der Waals surface area contributed by atoms with Crippen LogP contribution in [0.15, 0.2) is 54.6 Å². The van der Waals surface area contributed by atoms with Gasteiger partial charge in [0.2, 0.25) is 0 Å². The lowest BCUT2D eigenvalue weighted by Crippen LogP contribution is -2.35. The molecule has 2 aromatic rings. The molecule has 26 heavy (non-hydrogen) atoms. The molecule has 0 unspecified atom stereocenters. The van der Waals surface area contributed by atoms with Crippen LogP contribution in [0.2, 0.25) is 0 Å². The first kappa shape index (κ1) is 18.7. The molecule has 3 rings (SSSR count). The van der Waals surface area contributed by atoms with E-state index >= 15 is 0 Å². The number of carbonyl (C=O) groups excluding carboxylic acids is 1. The maximum atomic E-state index is 11.4. The van der Waals surface area contributed by atoms with Gasteiger partial charge in [-0.3, -0.25) is 0 Å². The van der Waals surface area contributed by atoms with Crippen molar-refractivity contribution in [1.29, 1.82) is 0 Å². The van der Waals surface area contributed by atoms with Crippen LogP contribution >= 0.6 is 24.0 Å². The van der Waals surface area contributed by atoms with Crippen LogP contribution in [0.25, 0.3) is 0 Å². The van der Waals surface area contributed by atoms with E-state index in [1.165, 1.54) is 17.3 Å². The van der Waals surface area contributed by atoms with Gasteiger partial charge in [0.15, 0.2) is 0 Å². The number of para-hydroxylation sites is 1. The summed E-state index contributed by atoms with van der Waals surface area (Å²) in [6.45, 7) is 1.01. The molecule has 0 saturated carbocycles. The molecule has 0 bridgehead atoms. The maximum absolute atomic E-state index is 11.4. The number of benzene rings is 2. The minimum absolute atomic E-state index is 0.223. The zero-order valence-corrected chi connectivity index (χ0v) is 16.0. The minimum Gasteiger partial charge on any atom is -0.492 e. The quantitative estimate of drug-likeness (QED) is 0.445. The number of thiocarbonyl (C=S) groups is 1. The highest BCUT2D eigenvalue weighted by molar-refractivity contribution is 8.22. The summed E-state index contributed by atoms with van der Waals surface area (Å²) >= 11 is 6.76. The van der Waals surface area contributed by atoms with Crippen LogP contribution < -0.4 is 10.1 Å². The molecular formula is C20H21NO3S2. The second kappa shape index (κ2) is 9.59. The van der Waals surface area contributed by atoms with Crippen molar-refractivity contribution in [1.82, 2.24) is 5.32 Å². The first-order chi connectivity index (χ1) is 12.7. The van der Waals surface area contributed by atoms with Crippen LogP contribution in [0.1, 0.15) is 17.5 Å². The highest BCUT2D eigenvalue weighted by atomic mass is 32.2. The van der Waals surface area contributed by atoms with Crippen molar-refractivity contribution in [2.24, 2.45) is 0 Å². The van der Waals surface area contributed by atoms with E-state index in [9.17, 15) is 4.79 Å². The Balaban J connectivity index is 1.45. The van der Waals surface area contributed by atoms with E-state index in [1.807, 2.05) is 36.4 Å². The number of ether oxygens (including phenoxy) is 2. The average Bonchev–Trinajstić information content (AvgIpc) is 3.05. The number of esters is 1. The largest absolute Gasteiger partial charge is 0.492 e. The van der Waals surface area contributed by atoms with Gasteiger partial charge in [0.05, 0.1) is 13.2 Å². The van der Waals surface area contributed by atoms with Gasteiger partial charge in [-0.2, -0.15) is 0 Å². The first-order valence-corrected chi connectivity index (χ1v) is 9.96. The van der Waals surface area contributed by atoms with Crippen molar-refractivity contribution in [3.63, 3.8) is 0 Å². The highest BCUT2D eigenvalue weighted by Crippen LogP contribution is 2.21. The van der Waals surface area contributed by atoms with Crippen molar-refractivity contribution < 1.29 is 14.3 Å². The zero-order valence-electron chi connectivity index (χ0n) is 14.4. The Labute approximate surface area is 163 Å². The lowest BCUT2D eigenvalue weighted by molar-refractivity contribution is -0.139. The molecule has 2 aromatic carbocycles. The van der Waals surface area contributed by atoms with Gasteiger partial charge in [-0.15, -0.1) is 0 Å². The Morgan fingerprint density at radius 2 is 1.96 bits per heavy atom. The fraction of sp³-hybridized carbons (Fsp3) is 0.300. The lowest BCUT2D eigenvalue weighted by Gasteiger charge is -2.13. The van der Waals surface area contributed by atoms with E-state index in [1.54, 1.807) is 0 Å². The molecular weight excluding hydrogens is 366 g/mol. The summed E-state index contributed by atoms with van der Waals surface area (Å²) in [6.07, 6.45) is 1.51. The molecule has 1 aliphatic rings. The summed E-state index contributed by atoms with van der Waals surface area (Å²) in [5.74, 6) is 1.39. The molecule has 1 saturated heterocycles. The summed E-state index contributed by atoms with van der Waals surface area (Å²) in [5.41, 5.74) is 2.42. The Morgan fingerprint density at radius 3 is 2.73 bits per heavy atom. The normalized spacial score (nSPS) is 16.2. The molecule has 0 aliphatic carbocycles. The van der Waals surface area contributed by atoms with Gasteiger partial charge in [-0.1, -0.05) is 72.5 Å². The second-order valence-corrected chi connectivity index (χ2v) is 7.68. The van der Waals surface area contributed by atoms with Crippen LogP contribution in [-0.2, 0) is 16.0 Å². The molecule has 1 atom stereocenters. The van der Waals surface area contributed by atoms with Gasteiger partial charge in [0.25, 0.3) is 0 Å². The van der Waals surface area contributed by atoms with Gasteiger partial charge >= 0.3 is 5.97 Å². The number of hydrogen-bond donors (Lipinski definition) is 1. The van der Waals surface area contributed by atoms with Crippen molar-refractivity contribution in [3.05, 3.63) is 65.7 Å². The fourth-order valence-electron chi connectivity index (χ4n) is 2.70. The van der Waals surface area contributed by atoms with E-state index in [2.05, 4.69) is 23.5 Å². The van der Waals surface area contributed by atoms with Gasteiger partial charge < -0.3 is 14.8 Å². The van der Waals surface area contributed by atoms with Crippen LogP contribution in [-0.4, -0.2) is 35.3 Å². The third-order valence-corrected chi connectivity index (χ3v) is 5.23. The number of nitrogens with one attached hydrogen (secondary N) is 1. The number of rotatable bonds is 7. The monoisotopic (exact) mass is 387 g/mol. The number of hydrogen-bond acceptors (Lipinski definition) is 5. The summed E-state index contributed by atoms with van der Waals surface area (Å²) in [6, 6.07) is 18.1. The molecule has 0 radical (unpaired) electrons. The minimum atomic E-state index is -0.303. The zero-order chi connectivity index (χ0) is 18.2. The summed E-state index contributed by atoms with van der Waals surface area (Å²) in [7, 11) is 0. The molecule has 1 fully saturated rings. The maximum Gasteiger partial charge on any atom is 0.328 e. The van der Waals surface area contributed by atoms with E-state index in [4.69, 9.17) is 21.7 Å². The molecule has 0 amide bonds. The molecule has 1 aliphatic heterocycles. The highest BCUT2D eigenvalue weighted by Gasteiger charge is 2.26. The lowest BCUT2D eigenvalue weighted by atomic mass is 10.0. The number of thioether (sulfide) groups is 1. The van der Waals surface area contributed by atoms with Gasteiger partial charge in [-0.05, 0) is 17.2 Å². The molecule has 4 nitrogen and oxygen atoms in total. The molecule has 136 valence electrons. The number of carbonyl (C=O) groups is 1. The third-order valence-electron chi connectivity index (χ3n) is 4.01. The molecule has 6 heteroatoms. The SMILES string of the molecule is O=C1OCC[C@@H]1NC(=S)SCCOc1ccccc1Cc1ccccc1. The van der Waals surface area contributed by atoms with E-state index in [0.717, 1.165) is 17.7 Å². The topological polar surface area (TPSA) is 47.6 Å². The Kier molecular flexibility index (Phi) is 6.91. The van der Waals surface area contributed by atoms with Crippen molar-refractivity contribution in [2.75, 3.05) is 19.0 Å². The summed E-state index contributed by atoms with van der Waals surface area (Å²) < 4.78 is 11.5. The smallest absolute Gasteiger partial charge is 0.328 e.